The van der Waals surface area contributed by atoms with E-state index in [4.69, 9.17) is 9.72 Å². The molecule has 3 aromatic carbocycles. The number of fused-ring (bicyclic) bond motifs is 1. The van der Waals surface area contributed by atoms with Crippen molar-refractivity contribution in [2.45, 2.75) is 6.42 Å². The zero-order valence-electron chi connectivity index (χ0n) is 18.6. The minimum absolute atomic E-state index is 0.344. The summed E-state index contributed by atoms with van der Waals surface area (Å²) in [5.74, 6) is 8.86. The average Bonchev–Trinajstić information content (AvgIpc) is 2.90. The highest BCUT2D eigenvalue weighted by Gasteiger charge is 2.14. The SMILES string of the molecule is COc1ccc(Cc2ccc3nc(-c4ccccc4F)nc(-c4ccncc4)c3c2)cc1.NN. The van der Waals surface area contributed by atoms with E-state index in [1.165, 1.54) is 11.6 Å². The normalized spacial score (nSPS) is 10.5. The molecule has 0 aliphatic heterocycles. The van der Waals surface area contributed by atoms with Gasteiger partial charge in [-0.1, -0.05) is 30.3 Å². The molecule has 0 bridgehead atoms. The van der Waals surface area contributed by atoms with Crippen LogP contribution in [0.3, 0.4) is 0 Å². The highest BCUT2D eigenvalue weighted by atomic mass is 19.1. The molecule has 0 fully saturated rings. The summed E-state index contributed by atoms with van der Waals surface area (Å²) in [6, 6.07) is 24.6. The maximum absolute atomic E-state index is 14.5. The highest BCUT2D eigenvalue weighted by molar-refractivity contribution is 5.94. The van der Waals surface area contributed by atoms with Gasteiger partial charge in [0.25, 0.3) is 0 Å². The van der Waals surface area contributed by atoms with Gasteiger partial charge in [-0.05, 0) is 66.1 Å². The summed E-state index contributed by atoms with van der Waals surface area (Å²) < 4.78 is 19.7. The smallest absolute Gasteiger partial charge is 0.163 e. The third-order valence-electron chi connectivity index (χ3n) is 5.40. The fourth-order valence-corrected chi connectivity index (χ4v) is 3.76. The molecule has 5 rings (SSSR count). The van der Waals surface area contributed by atoms with Gasteiger partial charge in [0.15, 0.2) is 5.82 Å². The van der Waals surface area contributed by atoms with E-state index in [2.05, 4.69) is 45.9 Å². The van der Waals surface area contributed by atoms with Crippen molar-refractivity contribution < 1.29 is 9.13 Å². The molecule has 2 heterocycles. The van der Waals surface area contributed by atoms with Gasteiger partial charge in [-0.15, -0.1) is 0 Å². The Hall–Kier alpha value is -4.20. The molecule has 6 nitrogen and oxygen atoms in total. The number of hydrogen-bond acceptors (Lipinski definition) is 6. The van der Waals surface area contributed by atoms with Crippen LogP contribution in [0.15, 0.2) is 91.3 Å². The lowest BCUT2D eigenvalue weighted by Gasteiger charge is -2.11. The molecule has 0 aliphatic rings. The van der Waals surface area contributed by atoms with Crippen molar-refractivity contribution >= 4 is 10.9 Å². The van der Waals surface area contributed by atoms with Crippen molar-refractivity contribution in [1.29, 1.82) is 0 Å². The van der Waals surface area contributed by atoms with Gasteiger partial charge in [0.2, 0.25) is 0 Å². The van der Waals surface area contributed by atoms with E-state index in [1.807, 2.05) is 30.3 Å². The third kappa shape index (κ3) is 4.91. The topological polar surface area (TPSA) is 99.9 Å². The molecule has 0 radical (unpaired) electrons. The van der Waals surface area contributed by atoms with E-state index in [1.54, 1.807) is 37.7 Å². The summed E-state index contributed by atoms with van der Waals surface area (Å²) in [7, 11) is 1.66. The molecule has 34 heavy (non-hydrogen) atoms. The number of nitrogens with zero attached hydrogens (tertiary/aromatic N) is 3. The molecule has 7 heteroatoms. The molecule has 0 aliphatic carbocycles. The van der Waals surface area contributed by atoms with E-state index in [0.717, 1.165) is 39.9 Å². The van der Waals surface area contributed by atoms with Crippen molar-refractivity contribution in [2.75, 3.05) is 7.11 Å². The lowest BCUT2D eigenvalue weighted by atomic mass is 10.00. The second kappa shape index (κ2) is 10.6. The Kier molecular flexibility index (Phi) is 7.17. The van der Waals surface area contributed by atoms with Crippen LogP contribution in [0.5, 0.6) is 5.75 Å². The maximum Gasteiger partial charge on any atom is 0.163 e. The summed E-state index contributed by atoms with van der Waals surface area (Å²) in [5, 5.41) is 0.919. The third-order valence-corrected chi connectivity index (χ3v) is 5.40. The van der Waals surface area contributed by atoms with Gasteiger partial charge in [-0.25, -0.2) is 14.4 Å². The summed E-state index contributed by atoms with van der Waals surface area (Å²) in [6.45, 7) is 0. The molecule has 0 saturated heterocycles. The number of methoxy groups -OCH3 is 1. The zero-order valence-corrected chi connectivity index (χ0v) is 18.6. The minimum Gasteiger partial charge on any atom is -0.497 e. The number of hydrogen-bond donors (Lipinski definition) is 2. The highest BCUT2D eigenvalue weighted by Crippen LogP contribution is 2.31. The Morgan fingerprint density at radius 3 is 2.24 bits per heavy atom. The molecule has 0 amide bonds. The molecular weight excluding hydrogens is 429 g/mol. The second-order valence-electron chi connectivity index (χ2n) is 7.49. The van der Waals surface area contributed by atoms with Crippen LogP contribution >= 0.6 is 0 Å². The summed E-state index contributed by atoms with van der Waals surface area (Å²) >= 11 is 0. The molecule has 5 aromatic rings. The van der Waals surface area contributed by atoms with Crippen molar-refractivity contribution in [3.05, 3.63) is 108 Å². The molecular formula is C27H24FN5O. The van der Waals surface area contributed by atoms with Gasteiger partial charge in [0.05, 0.1) is 23.9 Å². The van der Waals surface area contributed by atoms with Crippen LogP contribution in [0.25, 0.3) is 33.5 Å². The number of nitrogens with two attached hydrogens (primary N) is 2. The number of rotatable bonds is 5. The fraction of sp³-hybridized carbons (Fsp3) is 0.0741. The number of hydrazine groups is 1. The van der Waals surface area contributed by atoms with Crippen LogP contribution in [0.4, 0.5) is 4.39 Å². The molecule has 0 atom stereocenters. The number of ether oxygens (including phenoxy) is 1. The Bertz CT molecular complexity index is 1390. The van der Waals surface area contributed by atoms with Gasteiger partial charge >= 0.3 is 0 Å². The van der Waals surface area contributed by atoms with Crippen LogP contribution < -0.4 is 16.4 Å². The fourth-order valence-electron chi connectivity index (χ4n) is 3.76. The van der Waals surface area contributed by atoms with Gasteiger partial charge in [-0.3, -0.25) is 16.7 Å². The van der Waals surface area contributed by atoms with Crippen molar-refractivity contribution in [3.8, 4) is 28.4 Å². The number of benzene rings is 3. The minimum atomic E-state index is -0.344. The molecule has 0 saturated carbocycles. The lowest BCUT2D eigenvalue weighted by molar-refractivity contribution is 0.414. The second-order valence-corrected chi connectivity index (χ2v) is 7.49. The van der Waals surface area contributed by atoms with Gasteiger partial charge in [0.1, 0.15) is 11.6 Å². The Morgan fingerprint density at radius 2 is 1.53 bits per heavy atom. The first-order valence-corrected chi connectivity index (χ1v) is 10.6. The summed E-state index contributed by atoms with van der Waals surface area (Å²) in [4.78, 5) is 13.6. The molecule has 2 aromatic heterocycles. The first kappa shape index (κ1) is 23.0. The average molecular weight is 454 g/mol. The standard InChI is InChI=1S/C27H20FN3O.H4N2/c1-32-21-9-6-18(7-10-21)16-19-8-11-25-23(17-19)26(20-12-14-29-15-13-20)31-27(30-25)22-4-2-3-5-24(22)28;1-2/h2-15,17H,16H2,1H3;1-2H2. The van der Waals surface area contributed by atoms with Crippen LogP contribution in [0.1, 0.15) is 11.1 Å². The van der Waals surface area contributed by atoms with E-state index < -0.39 is 0 Å². The van der Waals surface area contributed by atoms with Gasteiger partial charge in [0, 0.05) is 23.3 Å². The van der Waals surface area contributed by atoms with Crippen molar-refractivity contribution in [1.82, 2.24) is 15.0 Å². The summed E-state index contributed by atoms with van der Waals surface area (Å²) in [6.07, 6.45) is 4.23. The Labute approximate surface area is 197 Å². The van der Waals surface area contributed by atoms with Crippen molar-refractivity contribution in [3.63, 3.8) is 0 Å². The Morgan fingerprint density at radius 1 is 0.824 bits per heavy atom. The number of aromatic nitrogens is 3. The van der Waals surface area contributed by atoms with Gasteiger partial charge in [-0.2, -0.15) is 0 Å². The molecule has 170 valence electrons. The van der Waals surface area contributed by atoms with Crippen LogP contribution in [-0.4, -0.2) is 22.1 Å². The largest absolute Gasteiger partial charge is 0.497 e. The zero-order chi connectivity index (χ0) is 23.9. The van der Waals surface area contributed by atoms with Gasteiger partial charge < -0.3 is 4.74 Å². The molecule has 0 spiro atoms. The lowest BCUT2D eigenvalue weighted by Crippen LogP contribution is -2.02. The monoisotopic (exact) mass is 453 g/mol. The summed E-state index contributed by atoms with van der Waals surface area (Å²) in [5.41, 5.74) is 5.13. The predicted octanol–water partition coefficient (Wildman–Crippen LogP) is 4.92. The van der Waals surface area contributed by atoms with Crippen molar-refractivity contribution in [2.24, 2.45) is 11.7 Å². The van der Waals surface area contributed by atoms with Crippen LogP contribution in [0.2, 0.25) is 0 Å². The van der Waals surface area contributed by atoms with E-state index in [0.29, 0.717) is 11.4 Å². The van der Waals surface area contributed by atoms with Crippen LogP contribution in [-0.2, 0) is 6.42 Å². The molecule has 4 N–H and O–H groups in total. The quantitative estimate of drug-likeness (QED) is 0.290. The number of halogens is 1. The Balaban J connectivity index is 0.00000133. The number of pyridine rings is 1. The first-order chi connectivity index (χ1) is 16.7. The van der Waals surface area contributed by atoms with E-state index in [-0.39, 0.29) is 5.82 Å². The van der Waals surface area contributed by atoms with Crippen LogP contribution in [0, 0.1) is 5.82 Å². The predicted molar refractivity (Wildman–Crippen MR) is 132 cm³/mol. The molecule has 0 unspecified atom stereocenters. The first-order valence-electron chi connectivity index (χ1n) is 10.6. The van der Waals surface area contributed by atoms with E-state index >= 15 is 0 Å². The van der Waals surface area contributed by atoms with E-state index in [9.17, 15) is 4.39 Å². The maximum atomic E-state index is 14.5.